The SMILES string of the molecule is CC(C)(C)[Si](C)(C)O[C@H]1C(=O)O[C@H]2C=CCC[C@H]21. The lowest BCUT2D eigenvalue weighted by atomic mass is 9.89. The minimum absolute atomic E-state index is 0.0546. The van der Waals surface area contributed by atoms with Crippen molar-refractivity contribution in [1.82, 2.24) is 0 Å². The zero-order valence-corrected chi connectivity index (χ0v) is 13.0. The Balaban J connectivity index is 2.14. The lowest BCUT2D eigenvalue weighted by molar-refractivity contribution is -0.145. The highest BCUT2D eigenvalue weighted by atomic mass is 28.4. The van der Waals surface area contributed by atoms with E-state index in [-0.39, 0.29) is 29.1 Å². The van der Waals surface area contributed by atoms with Crippen LogP contribution in [-0.2, 0) is 14.0 Å². The molecule has 0 saturated carbocycles. The van der Waals surface area contributed by atoms with Gasteiger partial charge in [0.25, 0.3) is 0 Å². The average Bonchev–Trinajstić information content (AvgIpc) is 2.54. The van der Waals surface area contributed by atoms with Gasteiger partial charge in [0.15, 0.2) is 8.32 Å². The maximum Gasteiger partial charge on any atom is 0.335 e. The molecule has 102 valence electrons. The molecule has 18 heavy (non-hydrogen) atoms. The van der Waals surface area contributed by atoms with E-state index in [4.69, 9.17) is 9.16 Å². The molecule has 0 radical (unpaired) electrons. The predicted molar refractivity (Wildman–Crippen MR) is 73.8 cm³/mol. The Hall–Kier alpha value is -0.613. The third-order valence-corrected chi connectivity index (χ3v) is 8.97. The smallest absolute Gasteiger partial charge is 0.335 e. The van der Waals surface area contributed by atoms with Crippen LogP contribution in [0.5, 0.6) is 0 Å². The van der Waals surface area contributed by atoms with Gasteiger partial charge in [0, 0.05) is 5.92 Å². The van der Waals surface area contributed by atoms with Crippen LogP contribution in [0, 0.1) is 5.92 Å². The van der Waals surface area contributed by atoms with Crippen molar-refractivity contribution in [3.05, 3.63) is 12.2 Å². The van der Waals surface area contributed by atoms with Gasteiger partial charge in [0.1, 0.15) is 12.2 Å². The molecule has 4 heteroatoms. The van der Waals surface area contributed by atoms with E-state index >= 15 is 0 Å². The summed E-state index contributed by atoms with van der Waals surface area (Å²) < 4.78 is 11.7. The summed E-state index contributed by atoms with van der Waals surface area (Å²) in [6.45, 7) is 11.0. The number of allylic oxidation sites excluding steroid dienone is 1. The van der Waals surface area contributed by atoms with E-state index in [2.05, 4.69) is 39.9 Å². The van der Waals surface area contributed by atoms with E-state index in [1.807, 2.05) is 6.08 Å². The van der Waals surface area contributed by atoms with Crippen molar-refractivity contribution in [2.45, 2.75) is 64.0 Å². The summed E-state index contributed by atoms with van der Waals surface area (Å²) >= 11 is 0. The molecule has 3 atom stereocenters. The van der Waals surface area contributed by atoms with Crippen molar-refractivity contribution in [2.24, 2.45) is 5.92 Å². The molecule has 3 nitrogen and oxygen atoms in total. The van der Waals surface area contributed by atoms with Crippen LogP contribution in [0.4, 0.5) is 0 Å². The number of rotatable bonds is 2. The Kier molecular flexibility index (Phi) is 3.45. The number of hydrogen-bond donors (Lipinski definition) is 0. The lowest BCUT2D eigenvalue weighted by Crippen LogP contribution is -2.47. The number of fused-ring (bicyclic) bond motifs is 1. The molecule has 0 aromatic carbocycles. The molecule has 0 N–H and O–H groups in total. The summed E-state index contributed by atoms with van der Waals surface area (Å²) in [4.78, 5) is 12.0. The van der Waals surface area contributed by atoms with Gasteiger partial charge in [-0.25, -0.2) is 4.79 Å². The highest BCUT2D eigenvalue weighted by molar-refractivity contribution is 6.74. The molecular weight excluding hydrogens is 244 g/mol. The third-order valence-electron chi connectivity index (χ3n) is 4.52. The molecule has 1 fully saturated rings. The molecule has 0 aromatic heterocycles. The quantitative estimate of drug-likeness (QED) is 0.438. The zero-order chi connectivity index (χ0) is 13.6. The molecule has 1 saturated heterocycles. The number of hydrogen-bond acceptors (Lipinski definition) is 3. The summed E-state index contributed by atoms with van der Waals surface area (Å²) in [7, 11) is -1.91. The molecule has 1 aliphatic heterocycles. The van der Waals surface area contributed by atoms with Crippen LogP contribution in [-0.4, -0.2) is 26.5 Å². The van der Waals surface area contributed by atoms with Gasteiger partial charge in [-0.3, -0.25) is 0 Å². The van der Waals surface area contributed by atoms with Crippen LogP contribution in [0.1, 0.15) is 33.6 Å². The summed E-state index contributed by atoms with van der Waals surface area (Å²) in [5, 5.41) is 0.121. The molecular formula is C14H24O3Si. The van der Waals surface area contributed by atoms with E-state index in [1.54, 1.807) is 0 Å². The van der Waals surface area contributed by atoms with E-state index < -0.39 is 8.32 Å². The first-order chi connectivity index (χ1) is 8.22. The fraction of sp³-hybridized carbons (Fsp3) is 0.786. The van der Waals surface area contributed by atoms with Crippen molar-refractivity contribution in [3.63, 3.8) is 0 Å². The zero-order valence-electron chi connectivity index (χ0n) is 12.0. The Morgan fingerprint density at radius 1 is 1.39 bits per heavy atom. The molecule has 0 spiro atoms. The van der Waals surface area contributed by atoms with Crippen molar-refractivity contribution >= 4 is 14.3 Å². The molecule has 1 aliphatic carbocycles. The number of carbonyl (C=O) groups excluding carboxylic acids is 1. The molecule has 2 rings (SSSR count). The monoisotopic (exact) mass is 268 g/mol. The Morgan fingerprint density at radius 2 is 2.06 bits per heavy atom. The van der Waals surface area contributed by atoms with Gasteiger partial charge in [-0.2, -0.15) is 0 Å². The predicted octanol–water partition coefficient (Wildman–Crippen LogP) is 3.27. The summed E-state index contributed by atoms with van der Waals surface area (Å²) in [6.07, 6.45) is 5.73. The van der Waals surface area contributed by atoms with Crippen molar-refractivity contribution in [2.75, 3.05) is 0 Å². The lowest BCUT2D eigenvalue weighted by Gasteiger charge is -2.38. The number of carbonyl (C=O) groups is 1. The second-order valence-corrected chi connectivity index (χ2v) is 11.6. The van der Waals surface area contributed by atoms with Gasteiger partial charge in [-0.15, -0.1) is 0 Å². The highest BCUT2D eigenvalue weighted by Crippen LogP contribution is 2.41. The van der Waals surface area contributed by atoms with Crippen LogP contribution in [0.15, 0.2) is 12.2 Å². The first kappa shape index (κ1) is 13.8. The largest absolute Gasteiger partial charge is 0.456 e. The Labute approximate surface area is 111 Å². The fourth-order valence-corrected chi connectivity index (χ4v) is 3.54. The molecule has 0 unspecified atom stereocenters. The van der Waals surface area contributed by atoms with E-state index in [0.29, 0.717) is 0 Å². The number of ether oxygens (including phenoxy) is 1. The fourth-order valence-electron chi connectivity index (χ4n) is 2.28. The van der Waals surface area contributed by atoms with Gasteiger partial charge >= 0.3 is 5.97 Å². The molecule has 0 aromatic rings. The van der Waals surface area contributed by atoms with Crippen LogP contribution < -0.4 is 0 Å². The van der Waals surface area contributed by atoms with Crippen LogP contribution in [0.2, 0.25) is 18.1 Å². The van der Waals surface area contributed by atoms with E-state index in [0.717, 1.165) is 12.8 Å². The van der Waals surface area contributed by atoms with Crippen LogP contribution >= 0.6 is 0 Å². The standard InChI is InChI=1S/C14H24O3Si/c1-14(2,3)18(4,5)17-12-10-8-6-7-9-11(10)16-13(12)15/h7,9-12H,6,8H2,1-5H3/t10-,11+,12-/m1/s1. The van der Waals surface area contributed by atoms with Crippen LogP contribution in [0.25, 0.3) is 0 Å². The molecule has 0 amide bonds. The van der Waals surface area contributed by atoms with Gasteiger partial charge in [0.2, 0.25) is 0 Å². The minimum Gasteiger partial charge on any atom is -0.456 e. The van der Waals surface area contributed by atoms with Gasteiger partial charge < -0.3 is 9.16 Å². The summed E-state index contributed by atoms with van der Waals surface area (Å²) in [5.41, 5.74) is 0. The Bertz CT molecular complexity index is 368. The van der Waals surface area contributed by atoms with E-state index in [9.17, 15) is 4.79 Å². The maximum absolute atomic E-state index is 12.0. The minimum atomic E-state index is -1.91. The average molecular weight is 268 g/mol. The van der Waals surface area contributed by atoms with Crippen molar-refractivity contribution in [3.8, 4) is 0 Å². The first-order valence-electron chi connectivity index (χ1n) is 6.77. The van der Waals surface area contributed by atoms with Crippen molar-refractivity contribution in [1.29, 1.82) is 0 Å². The van der Waals surface area contributed by atoms with Gasteiger partial charge in [-0.05, 0) is 37.0 Å². The molecule has 1 heterocycles. The topological polar surface area (TPSA) is 35.5 Å². The first-order valence-corrected chi connectivity index (χ1v) is 9.68. The molecule has 2 aliphatic rings. The van der Waals surface area contributed by atoms with Gasteiger partial charge in [0.05, 0.1) is 0 Å². The summed E-state index contributed by atoms with van der Waals surface area (Å²) in [6, 6.07) is 0. The van der Waals surface area contributed by atoms with Crippen LogP contribution in [0.3, 0.4) is 0 Å². The van der Waals surface area contributed by atoms with E-state index in [1.165, 1.54) is 0 Å². The second kappa shape index (κ2) is 4.49. The normalized spacial score (nSPS) is 32.3. The highest BCUT2D eigenvalue weighted by Gasteiger charge is 2.49. The second-order valence-electron chi connectivity index (χ2n) is 6.87. The van der Waals surface area contributed by atoms with Crippen molar-refractivity contribution < 1.29 is 14.0 Å². The summed E-state index contributed by atoms with van der Waals surface area (Å²) in [5.74, 6) is 0.0537. The third kappa shape index (κ3) is 2.41. The Morgan fingerprint density at radius 3 is 2.67 bits per heavy atom. The maximum atomic E-state index is 12.0. The molecule has 0 bridgehead atoms. The van der Waals surface area contributed by atoms with Gasteiger partial charge in [-0.1, -0.05) is 26.8 Å². The number of esters is 1.